The molecule has 1 fully saturated rings. The molecule has 0 unspecified atom stereocenters. The fourth-order valence-electron chi connectivity index (χ4n) is 4.59. The number of nitrogens with zero attached hydrogens (tertiary/aromatic N) is 5. The topological polar surface area (TPSA) is 101 Å². The van der Waals surface area contributed by atoms with Crippen LogP contribution in [0.15, 0.2) is 30.5 Å². The molecule has 0 N–H and O–H groups in total. The van der Waals surface area contributed by atoms with Crippen LogP contribution in [0.4, 0.5) is 0 Å². The summed E-state index contributed by atoms with van der Waals surface area (Å²) in [6.45, 7) is 9.07. The molecule has 2 aliphatic heterocycles. The number of ether oxygens (including phenoxy) is 3. The molecule has 4 heterocycles. The van der Waals surface area contributed by atoms with Crippen molar-refractivity contribution in [1.29, 1.82) is 5.26 Å². The molecular weight excluding hydrogens is 490 g/mol. The van der Waals surface area contributed by atoms with Gasteiger partial charge in [-0.05, 0) is 37.1 Å². The van der Waals surface area contributed by atoms with E-state index in [1.54, 1.807) is 30.5 Å². The SMILES string of the molecule is CC(=O)N1CCCN(Cc2sc(COc3nccc(-c4ccc5c(c4)OCCO5)c3C#N)nc2C)CC1. The number of aryl methyl sites for hydroxylation is 1. The van der Waals surface area contributed by atoms with Gasteiger partial charge in [-0.25, -0.2) is 9.97 Å². The van der Waals surface area contributed by atoms with Crippen LogP contribution in [0.1, 0.15) is 34.5 Å². The molecule has 1 amide bonds. The van der Waals surface area contributed by atoms with E-state index in [4.69, 9.17) is 19.2 Å². The van der Waals surface area contributed by atoms with Crippen LogP contribution < -0.4 is 14.2 Å². The first-order valence-electron chi connectivity index (χ1n) is 12.4. The number of hydrogen-bond acceptors (Lipinski definition) is 9. The second-order valence-electron chi connectivity index (χ2n) is 9.05. The zero-order valence-electron chi connectivity index (χ0n) is 21.0. The van der Waals surface area contributed by atoms with E-state index in [9.17, 15) is 10.1 Å². The van der Waals surface area contributed by atoms with Crippen molar-refractivity contribution < 1.29 is 19.0 Å². The highest BCUT2D eigenvalue weighted by molar-refractivity contribution is 7.11. The predicted octanol–water partition coefficient (Wildman–Crippen LogP) is 3.79. The number of thiazole rings is 1. The van der Waals surface area contributed by atoms with Crippen LogP contribution in [0, 0.1) is 18.3 Å². The van der Waals surface area contributed by atoms with Gasteiger partial charge in [0, 0.05) is 56.3 Å². The second-order valence-corrected chi connectivity index (χ2v) is 10.2. The highest BCUT2D eigenvalue weighted by atomic mass is 32.1. The molecule has 10 heteroatoms. The molecule has 5 rings (SSSR count). The molecule has 0 aliphatic carbocycles. The van der Waals surface area contributed by atoms with Crippen LogP contribution in [-0.2, 0) is 17.9 Å². The zero-order valence-corrected chi connectivity index (χ0v) is 21.8. The molecule has 1 saturated heterocycles. The van der Waals surface area contributed by atoms with Crippen LogP contribution >= 0.6 is 11.3 Å². The smallest absolute Gasteiger partial charge is 0.232 e. The molecule has 0 spiro atoms. The molecule has 2 aliphatic rings. The summed E-state index contributed by atoms with van der Waals surface area (Å²) in [5.41, 5.74) is 2.91. The van der Waals surface area contributed by atoms with E-state index in [1.807, 2.05) is 30.0 Å². The summed E-state index contributed by atoms with van der Waals surface area (Å²) in [4.78, 5) is 26.2. The lowest BCUT2D eigenvalue weighted by molar-refractivity contribution is -0.128. The minimum atomic E-state index is 0.138. The van der Waals surface area contributed by atoms with Gasteiger partial charge >= 0.3 is 0 Å². The van der Waals surface area contributed by atoms with Crippen molar-refractivity contribution in [1.82, 2.24) is 19.8 Å². The highest BCUT2D eigenvalue weighted by Gasteiger charge is 2.20. The zero-order chi connectivity index (χ0) is 25.8. The van der Waals surface area contributed by atoms with E-state index < -0.39 is 0 Å². The lowest BCUT2D eigenvalue weighted by Gasteiger charge is -2.20. The average molecular weight is 520 g/mol. The van der Waals surface area contributed by atoms with Gasteiger partial charge in [-0.2, -0.15) is 5.26 Å². The van der Waals surface area contributed by atoms with Crippen molar-refractivity contribution in [2.24, 2.45) is 0 Å². The van der Waals surface area contributed by atoms with Crippen LogP contribution in [-0.4, -0.2) is 65.1 Å². The maximum absolute atomic E-state index is 11.7. The first-order chi connectivity index (χ1) is 18.0. The Morgan fingerprint density at radius 1 is 1.16 bits per heavy atom. The van der Waals surface area contributed by atoms with Gasteiger partial charge in [-0.3, -0.25) is 9.69 Å². The normalized spacial score (nSPS) is 15.6. The fourth-order valence-corrected chi connectivity index (χ4v) is 5.61. The Kier molecular flexibility index (Phi) is 7.53. The number of aromatic nitrogens is 2. The summed E-state index contributed by atoms with van der Waals surface area (Å²) in [5.74, 6) is 1.78. The molecule has 192 valence electrons. The monoisotopic (exact) mass is 519 g/mol. The first-order valence-corrected chi connectivity index (χ1v) is 13.2. The summed E-state index contributed by atoms with van der Waals surface area (Å²) in [5, 5.41) is 10.8. The summed E-state index contributed by atoms with van der Waals surface area (Å²) in [6, 6.07) is 9.70. The van der Waals surface area contributed by atoms with Crippen molar-refractivity contribution >= 4 is 17.2 Å². The van der Waals surface area contributed by atoms with Crippen LogP contribution in [0.3, 0.4) is 0 Å². The fraction of sp³-hybridized carbons (Fsp3) is 0.407. The Morgan fingerprint density at radius 3 is 2.81 bits per heavy atom. The average Bonchev–Trinajstić information content (AvgIpc) is 3.10. The number of rotatable bonds is 6. The van der Waals surface area contributed by atoms with Gasteiger partial charge in [0.25, 0.3) is 0 Å². The Balaban J connectivity index is 1.27. The molecule has 9 nitrogen and oxygen atoms in total. The summed E-state index contributed by atoms with van der Waals surface area (Å²) in [6.07, 6.45) is 2.61. The number of nitriles is 1. The number of pyridine rings is 1. The van der Waals surface area contributed by atoms with E-state index in [0.717, 1.165) is 61.0 Å². The van der Waals surface area contributed by atoms with Gasteiger partial charge in [0.05, 0.1) is 5.69 Å². The third-order valence-electron chi connectivity index (χ3n) is 6.55. The van der Waals surface area contributed by atoms with Gasteiger partial charge in [0.1, 0.15) is 36.5 Å². The largest absolute Gasteiger partial charge is 0.486 e. The summed E-state index contributed by atoms with van der Waals surface area (Å²) >= 11 is 1.62. The van der Waals surface area contributed by atoms with E-state index in [-0.39, 0.29) is 18.4 Å². The number of carbonyl (C=O) groups excluding carboxylic acids is 1. The van der Waals surface area contributed by atoms with Gasteiger partial charge in [-0.1, -0.05) is 6.07 Å². The molecule has 1 aromatic carbocycles. The Morgan fingerprint density at radius 2 is 2.00 bits per heavy atom. The molecule has 0 saturated carbocycles. The molecule has 0 atom stereocenters. The summed E-state index contributed by atoms with van der Waals surface area (Å²) in [7, 11) is 0. The van der Waals surface area contributed by atoms with Gasteiger partial charge in [0.15, 0.2) is 11.5 Å². The number of benzene rings is 1. The van der Waals surface area contributed by atoms with Gasteiger partial charge < -0.3 is 19.1 Å². The first kappa shape index (κ1) is 25.0. The second kappa shape index (κ2) is 11.2. The molecule has 2 aromatic heterocycles. The van der Waals surface area contributed by atoms with Crippen molar-refractivity contribution in [2.75, 3.05) is 39.4 Å². The van der Waals surface area contributed by atoms with Crippen molar-refractivity contribution in [2.45, 2.75) is 33.4 Å². The van der Waals surface area contributed by atoms with Crippen LogP contribution in [0.5, 0.6) is 17.4 Å². The van der Waals surface area contributed by atoms with E-state index in [1.165, 1.54) is 4.88 Å². The summed E-state index contributed by atoms with van der Waals surface area (Å²) < 4.78 is 17.3. The number of fused-ring (bicyclic) bond motifs is 1. The quantitative estimate of drug-likeness (QED) is 0.485. The Hall–Kier alpha value is -3.68. The predicted molar refractivity (Wildman–Crippen MR) is 139 cm³/mol. The van der Waals surface area contributed by atoms with E-state index in [0.29, 0.717) is 30.3 Å². The molecule has 0 bridgehead atoms. The van der Waals surface area contributed by atoms with Gasteiger partial charge in [0.2, 0.25) is 11.8 Å². The lowest BCUT2D eigenvalue weighted by atomic mass is 10.0. The van der Waals surface area contributed by atoms with Crippen molar-refractivity contribution in [3.05, 3.63) is 51.6 Å². The third-order valence-corrected chi connectivity index (χ3v) is 7.67. The highest BCUT2D eigenvalue weighted by Crippen LogP contribution is 2.37. The van der Waals surface area contributed by atoms with Gasteiger partial charge in [-0.15, -0.1) is 11.3 Å². The minimum absolute atomic E-state index is 0.138. The minimum Gasteiger partial charge on any atom is -0.486 e. The molecular formula is C27H29N5O4S. The molecule has 3 aromatic rings. The Labute approximate surface area is 220 Å². The van der Waals surface area contributed by atoms with Crippen LogP contribution in [0.25, 0.3) is 11.1 Å². The van der Waals surface area contributed by atoms with E-state index in [2.05, 4.69) is 16.0 Å². The third kappa shape index (κ3) is 5.68. The van der Waals surface area contributed by atoms with Crippen molar-refractivity contribution in [3.63, 3.8) is 0 Å². The van der Waals surface area contributed by atoms with Crippen LogP contribution in [0.2, 0.25) is 0 Å². The number of carbonyl (C=O) groups is 1. The van der Waals surface area contributed by atoms with Crippen molar-refractivity contribution in [3.8, 4) is 34.6 Å². The maximum Gasteiger partial charge on any atom is 0.232 e. The lowest BCUT2D eigenvalue weighted by Crippen LogP contribution is -2.33. The molecule has 37 heavy (non-hydrogen) atoms. The Bertz CT molecular complexity index is 1330. The standard InChI is InChI=1S/C27H29N5O4S/c1-18-25(16-31-8-3-9-32(11-10-31)19(2)33)37-26(30-18)17-36-27-22(15-28)21(6-7-29-27)20-4-5-23-24(14-20)35-13-12-34-23/h4-7,14H,3,8-13,16-17H2,1-2H3. The van der Waals surface area contributed by atoms with E-state index >= 15 is 0 Å². The molecule has 0 radical (unpaired) electrons. The maximum atomic E-state index is 11.7. The number of hydrogen-bond donors (Lipinski definition) is 0. The number of amides is 1.